The van der Waals surface area contributed by atoms with Crippen molar-refractivity contribution in [2.45, 2.75) is 182 Å². The van der Waals surface area contributed by atoms with Crippen molar-refractivity contribution in [1.82, 2.24) is 41.8 Å². The summed E-state index contributed by atoms with van der Waals surface area (Å²) in [6, 6.07) is 9.57. The Labute approximate surface area is 713 Å². The third kappa shape index (κ3) is 41.8. The number of ether oxygens (including phenoxy) is 10. The number of alkyl carbamates (subject to hydrolysis) is 5. The highest BCUT2D eigenvalue weighted by Gasteiger charge is 2.33. The van der Waals surface area contributed by atoms with E-state index in [1.54, 1.807) is 117 Å². The third-order valence-corrected chi connectivity index (χ3v) is 13.9. The average molecular weight is 1800 g/mol. The minimum atomic E-state index is -1.54. The summed E-state index contributed by atoms with van der Waals surface area (Å²) in [4.78, 5) is 169. The van der Waals surface area contributed by atoms with Crippen LogP contribution < -0.4 is 50.3 Å². The second-order valence-corrected chi connectivity index (χ2v) is 30.6. The van der Waals surface area contributed by atoms with Crippen LogP contribution in [-0.2, 0) is 47.7 Å². The first kappa shape index (κ1) is 106. The molecule has 0 bridgehead atoms. The van der Waals surface area contributed by atoms with Gasteiger partial charge in [-0.25, -0.2) is 47.9 Å². The fourth-order valence-electron chi connectivity index (χ4n) is 8.62. The first-order valence-electron chi connectivity index (χ1n) is 36.1. The van der Waals surface area contributed by atoms with Gasteiger partial charge in [-0.3, -0.25) is 55.6 Å². The molecule has 51 heteroatoms. The van der Waals surface area contributed by atoms with Crippen LogP contribution in [0, 0.1) is 70.2 Å². The van der Waals surface area contributed by atoms with E-state index in [1.807, 2.05) is 0 Å². The highest BCUT2D eigenvalue weighted by Crippen LogP contribution is 2.35. The molecule has 10 N–H and O–H groups in total. The molecular formula is C74H93ClFN13O36. The molecule has 49 nitrogen and oxygen atoms in total. The van der Waals surface area contributed by atoms with Crippen molar-refractivity contribution < 1.29 is 154 Å². The van der Waals surface area contributed by atoms with Crippen LogP contribution in [0.2, 0.25) is 5.02 Å². The number of carbonyl (C=O) groups excluding carboxylic acids is 5. The van der Waals surface area contributed by atoms with E-state index < -0.39 is 204 Å². The zero-order valence-corrected chi connectivity index (χ0v) is 70.8. The second-order valence-electron chi connectivity index (χ2n) is 30.2. The van der Waals surface area contributed by atoms with Gasteiger partial charge in [-0.1, -0.05) is 23.7 Å². The molecule has 5 amide bonds. The Hall–Kier alpha value is -14.9. The lowest BCUT2D eigenvalue weighted by Crippen LogP contribution is -2.46. The molecule has 0 saturated heterocycles. The van der Waals surface area contributed by atoms with E-state index in [9.17, 15) is 108 Å². The molecule has 6 aromatic rings. The number of amides is 5. The van der Waals surface area contributed by atoms with Gasteiger partial charge in [-0.05, 0) is 159 Å². The number of nitrogens with one attached hydrogen (secondary N) is 5. The number of nitrogens with zero attached hydrogens (tertiary/aromatic N) is 8. The largest absolute Gasteiger partial charge is 0.487 e. The second kappa shape index (κ2) is 47.9. The van der Waals surface area contributed by atoms with Gasteiger partial charge in [0.15, 0.2) is 47.2 Å². The number of nitro groups is 5. The molecule has 5 atom stereocenters. The molecule has 0 radical (unpaired) electrons. The van der Waals surface area contributed by atoms with Gasteiger partial charge in [0, 0.05) is 54.4 Å². The van der Waals surface area contributed by atoms with Gasteiger partial charge in [0.1, 0.15) is 66.7 Å². The van der Waals surface area contributed by atoms with E-state index in [2.05, 4.69) is 41.8 Å². The maximum Gasteiger partial charge on any atom is 0.408 e. The van der Waals surface area contributed by atoms with E-state index in [1.165, 1.54) is 73.8 Å². The molecule has 2 heterocycles. The SMILES string of the molecule is CC(C)(C)OC(=O)N[C@@H](CCOc1ccccc1[N+](=O)[O-])C(=O)O.CC(C)(C)OC(=O)N[C@@H](COc1ccc(Cl)cc1[N+](=O)[O-])C(=O)O.CC(C)(C)OC(=O)N[C@@H](COc1ccncc1[N+](=O)[O-])C(=O)O.Cc1cc(F)c([N+](=O)[O-])c(OC[C@H](NC(=O)OC(C)(C)C)C(=O)O)c1.Cc1nnc(-c2ccc(OC[C@H](NC(=O)OC(C)(C)C)C(=O)O)c([N+](=O)[O-])c2)o1. The monoisotopic (exact) mass is 1790 g/mol. The number of carbonyl (C=O) groups is 10. The fourth-order valence-corrected chi connectivity index (χ4v) is 8.79. The van der Waals surface area contributed by atoms with Crippen molar-refractivity contribution in [2.24, 2.45) is 0 Å². The first-order valence-corrected chi connectivity index (χ1v) is 36.5. The molecule has 0 aliphatic carbocycles. The van der Waals surface area contributed by atoms with Crippen LogP contribution in [0.4, 0.5) is 56.8 Å². The summed E-state index contributed by atoms with van der Waals surface area (Å²) in [7, 11) is 0. The van der Waals surface area contributed by atoms with Crippen molar-refractivity contribution in [3.05, 3.63) is 164 Å². The van der Waals surface area contributed by atoms with Gasteiger partial charge in [-0.15, -0.1) is 10.2 Å². The van der Waals surface area contributed by atoms with Crippen LogP contribution in [0.1, 0.15) is 122 Å². The predicted octanol–water partition coefficient (Wildman–Crippen LogP) is 11.0. The smallest absolute Gasteiger partial charge is 0.408 e. The minimum Gasteiger partial charge on any atom is -0.487 e. The van der Waals surface area contributed by atoms with Crippen molar-refractivity contribution >= 4 is 100 Å². The number of aromatic nitrogens is 3. The number of rotatable bonds is 32. The number of pyridine rings is 1. The molecule has 0 aliphatic heterocycles. The van der Waals surface area contributed by atoms with E-state index >= 15 is 0 Å². The number of carboxylic acid groups (broad SMARTS) is 5. The lowest BCUT2D eigenvalue weighted by atomic mass is 10.2. The molecule has 0 unspecified atom stereocenters. The number of carboxylic acids is 5. The van der Waals surface area contributed by atoms with E-state index in [0.29, 0.717) is 17.0 Å². The van der Waals surface area contributed by atoms with Crippen LogP contribution in [0.3, 0.4) is 0 Å². The average Bonchev–Trinajstić information content (AvgIpc) is 1.69. The zero-order valence-electron chi connectivity index (χ0n) is 70.0. The highest BCUT2D eigenvalue weighted by atomic mass is 35.5. The molecule has 125 heavy (non-hydrogen) atoms. The van der Waals surface area contributed by atoms with Gasteiger partial charge in [0.25, 0.3) is 0 Å². The molecule has 0 saturated carbocycles. The van der Waals surface area contributed by atoms with Crippen molar-refractivity contribution in [2.75, 3.05) is 33.0 Å². The van der Waals surface area contributed by atoms with Gasteiger partial charge < -0.3 is 104 Å². The molecular weight excluding hydrogens is 1700 g/mol. The summed E-state index contributed by atoms with van der Waals surface area (Å²) in [5.41, 5.74) is -5.75. The minimum absolute atomic E-state index is 0.0314. The Kier molecular flexibility index (Phi) is 40.7. The topological polar surface area (TPSA) is 692 Å². The Morgan fingerprint density at radius 3 is 1.12 bits per heavy atom. The number of para-hydroxylation sites is 2. The van der Waals surface area contributed by atoms with Gasteiger partial charge in [-0.2, -0.15) is 4.39 Å². The summed E-state index contributed by atoms with van der Waals surface area (Å²) < 4.78 is 69.7. The zero-order chi connectivity index (χ0) is 95.6. The highest BCUT2D eigenvalue weighted by molar-refractivity contribution is 6.30. The third-order valence-electron chi connectivity index (χ3n) is 13.7. The summed E-state index contributed by atoms with van der Waals surface area (Å²) >= 11 is 5.68. The van der Waals surface area contributed by atoms with E-state index in [0.717, 1.165) is 18.3 Å². The number of benzene rings is 4. The Morgan fingerprint density at radius 1 is 0.424 bits per heavy atom. The maximum absolute atomic E-state index is 13.7. The van der Waals surface area contributed by atoms with Crippen molar-refractivity contribution in [3.63, 3.8) is 0 Å². The summed E-state index contributed by atoms with van der Waals surface area (Å²) in [6.45, 7) is 25.0. The van der Waals surface area contributed by atoms with E-state index in [4.69, 9.17) is 83.8 Å². The molecule has 6 rings (SSSR count). The molecule has 0 aliphatic rings. The Balaban J connectivity index is 0.000000531. The van der Waals surface area contributed by atoms with Crippen molar-refractivity contribution in [3.8, 4) is 40.2 Å². The first-order chi connectivity index (χ1) is 57.5. The summed E-state index contributed by atoms with van der Waals surface area (Å²) in [5, 5.41) is 119. The molecule has 684 valence electrons. The quantitative estimate of drug-likeness (QED) is 0.0106. The number of hydrogen-bond acceptors (Lipinski definition) is 34. The van der Waals surface area contributed by atoms with Gasteiger partial charge in [0.05, 0.1) is 31.2 Å². The van der Waals surface area contributed by atoms with E-state index in [-0.39, 0.29) is 52.6 Å². The molecule has 0 spiro atoms. The Morgan fingerprint density at radius 2 is 0.768 bits per heavy atom. The van der Waals surface area contributed by atoms with Crippen LogP contribution in [0.25, 0.3) is 11.5 Å². The molecule has 2 aromatic heterocycles. The van der Waals surface area contributed by atoms with Crippen LogP contribution >= 0.6 is 11.6 Å². The Bertz CT molecular complexity index is 4830. The summed E-state index contributed by atoms with van der Waals surface area (Å²) in [5.74, 6) is -8.46. The maximum atomic E-state index is 13.7. The van der Waals surface area contributed by atoms with Gasteiger partial charge in [0.2, 0.25) is 23.3 Å². The summed E-state index contributed by atoms with van der Waals surface area (Å²) in [6.07, 6.45) is -2.52. The number of aryl methyl sites for hydroxylation is 2. The van der Waals surface area contributed by atoms with Crippen LogP contribution in [-0.4, -0.2) is 217 Å². The standard InChI is InChI=1S/C17H20N4O8.C15H19FN2O7.C15H20N2O7.C14H17ClN2O7.C13H17N3O7/c1-9-19-20-14(28-9)10-5-6-13(12(7-10)21(25)26)27-8-11(15(22)23)18-16(24)29-17(2,3)4;1-8-5-9(16)12(18(22)23)11(6-8)24-7-10(13(19)20)17-14(21)25-15(2,3)4;1-15(2,3)24-14(20)16-10(13(18)19)8-9-23-12-7-5-4-6-11(12)17(21)22;1-14(2,3)24-13(20)16-9(12(18)19)7-23-11-5-4-8(15)6-10(11)17(21)22;1-13(2,3)23-12(19)15-8(11(17)18)7-22-10-4-5-14-6-9(10)16(20)21/h5-7,11H,8H2,1-4H3,(H,18,24)(H,22,23);5-6,10H,7H2,1-4H3,(H,17,21)(H,19,20);4-7,10H,8-9H2,1-3H3,(H,16,20)(H,18,19);4-6,9H,7H2,1-3H3,(H,16,20)(H,18,19);4-6,8H,7H2,1-3H3,(H,15,19)(H,17,18)/t11-;2*10-;9-;8-/m00000/s1. The molecule has 0 fully saturated rings. The number of aliphatic carboxylic acids is 5. The predicted molar refractivity (Wildman–Crippen MR) is 427 cm³/mol. The lowest BCUT2D eigenvalue weighted by Gasteiger charge is -2.22. The van der Waals surface area contributed by atoms with Crippen LogP contribution in [0.15, 0.2) is 95.7 Å². The normalized spacial score (nSPS) is 12.2. The number of halogens is 2. The number of nitro benzene ring substituents is 4. The van der Waals surface area contributed by atoms with Crippen LogP contribution in [0.5, 0.6) is 28.7 Å². The lowest BCUT2D eigenvalue weighted by molar-refractivity contribution is -0.388. The molecule has 4 aromatic carbocycles. The number of hydrogen-bond donors (Lipinski definition) is 10. The fraction of sp³-hybridized carbons (Fsp3) is 0.446. The van der Waals surface area contributed by atoms with Gasteiger partial charge >= 0.3 is 88.7 Å². The van der Waals surface area contributed by atoms with Crippen molar-refractivity contribution in [1.29, 1.82) is 0 Å².